The van der Waals surface area contributed by atoms with Gasteiger partial charge in [-0.3, -0.25) is 4.79 Å². The molecule has 0 fully saturated rings. The van der Waals surface area contributed by atoms with Crippen LogP contribution in [0.25, 0.3) is 0 Å². The highest BCUT2D eigenvalue weighted by Gasteiger charge is 2.35. The van der Waals surface area contributed by atoms with Crippen molar-refractivity contribution < 1.29 is 4.79 Å². The zero-order valence-electron chi connectivity index (χ0n) is 17.4. The Hall–Kier alpha value is -2.62. The van der Waals surface area contributed by atoms with Gasteiger partial charge in [-0.25, -0.2) is 5.43 Å². The van der Waals surface area contributed by atoms with Crippen molar-refractivity contribution in [2.24, 2.45) is 5.10 Å². The van der Waals surface area contributed by atoms with E-state index in [1.807, 2.05) is 30.3 Å². The molecular weight excluding hydrogens is 346 g/mol. The quantitative estimate of drug-likeness (QED) is 0.576. The average Bonchev–Trinajstić information content (AvgIpc) is 2.67. The van der Waals surface area contributed by atoms with Crippen LogP contribution in [-0.4, -0.2) is 24.2 Å². The van der Waals surface area contributed by atoms with Crippen LogP contribution in [-0.2, 0) is 11.2 Å². The number of rotatable bonds is 6. The summed E-state index contributed by atoms with van der Waals surface area (Å²) in [5, 5.41) is 4.16. The van der Waals surface area contributed by atoms with E-state index in [1.54, 1.807) is 6.21 Å². The molecule has 0 spiro atoms. The fourth-order valence-electron chi connectivity index (χ4n) is 4.32. The Morgan fingerprint density at radius 3 is 2.71 bits per heavy atom. The van der Waals surface area contributed by atoms with Crippen molar-refractivity contribution in [3.63, 3.8) is 0 Å². The van der Waals surface area contributed by atoms with E-state index < -0.39 is 0 Å². The minimum Gasteiger partial charge on any atom is -0.366 e. The van der Waals surface area contributed by atoms with Gasteiger partial charge in [0.25, 0.3) is 0 Å². The largest absolute Gasteiger partial charge is 0.366 e. The minimum atomic E-state index is -0.0645. The van der Waals surface area contributed by atoms with Gasteiger partial charge in [-0.2, -0.15) is 5.10 Å². The SMILES string of the molecule is CCN1c2ccc(/C=N/NC(=O)CCc3ccccc3)cc2[C@@H](C)CC1(C)C. The summed E-state index contributed by atoms with van der Waals surface area (Å²) in [5.41, 5.74) is 7.67. The third-order valence-electron chi connectivity index (χ3n) is 5.61. The smallest absolute Gasteiger partial charge is 0.240 e. The second kappa shape index (κ2) is 8.59. The van der Waals surface area contributed by atoms with Crippen LogP contribution in [0.4, 0.5) is 5.69 Å². The Labute approximate surface area is 168 Å². The van der Waals surface area contributed by atoms with Gasteiger partial charge < -0.3 is 4.90 Å². The van der Waals surface area contributed by atoms with Crippen LogP contribution in [0.3, 0.4) is 0 Å². The third kappa shape index (κ3) is 4.61. The van der Waals surface area contributed by atoms with Crippen molar-refractivity contribution in [2.45, 2.75) is 58.4 Å². The van der Waals surface area contributed by atoms with Gasteiger partial charge in [0.05, 0.1) is 6.21 Å². The summed E-state index contributed by atoms with van der Waals surface area (Å²) < 4.78 is 0. The van der Waals surface area contributed by atoms with Crippen LogP contribution in [0, 0.1) is 0 Å². The Bertz CT molecular complexity index is 842. The predicted molar refractivity (Wildman–Crippen MR) is 117 cm³/mol. The molecular formula is C24H31N3O. The van der Waals surface area contributed by atoms with E-state index in [4.69, 9.17) is 0 Å². The van der Waals surface area contributed by atoms with Crippen LogP contribution >= 0.6 is 0 Å². The lowest BCUT2D eigenvalue weighted by molar-refractivity contribution is -0.121. The van der Waals surface area contributed by atoms with Crippen LogP contribution in [0.5, 0.6) is 0 Å². The summed E-state index contributed by atoms with van der Waals surface area (Å²) in [4.78, 5) is 14.5. The molecule has 1 N–H and O–H groups in total. The number of carbonyl (C=O) groups is 1. The lowest BCUT2D eigenvalue weighted by Crippen LogP contribution is -2.48. The summed E-state index contributed by atoms with van der Waals surface area (Å²) >= 11 is 0. The molecule has 148 valence electrons. The van der Waals surface area contributed by atoms with Crippen LogP contribution in [0.2, 0.25) is 0 Å². The molecule has 1 atom stereocenters. The number of hydrogen-bond donors (Lipinski definition) is 1. The molecule has 28 heavy (non-hydrogen) atoms. The van der Waals surface area contributed by atoms with E-state index in [9.17, 15) is 4.79 Å². The van der Waals surface area contributed by atoms with Gasteiger partial charge >= 0.3 is 0 Å². The lowest BCUT2D eigenvalue weighted by atomic mass is 9.79. The molecule has 0 bridgehead atoms. The van der Waals surface area contributed by atoms with Crippen LogP contribution < -0.4 is 10.3 Å². The summed E-state index contributed by atoms with van der Waals surface area (Å²) in [6.07, 6.45) is 4.03. The maximum Gasteiger partial charge on any atom is 0.240 e. The first-order chi connectivity index (χ1) is 13.4. The van der Waals surface area contributed by atoms with Crippen molar-refractivity contribution in [1.29, 1.82) is 0 Å². The van der Waals surface area contributed by atoms with Crippen molar-refractivity contribution in [1.82, 2.24) is 5.43 Å². The summed E-state index contributed by atoms with van der Waals surface area (Å²) in [6.45, 7) is 10.1. The zero-order chi connectivity index (χ0) is 20.1. The lowest BCUT2D eigenvalue weighted by Gasteiger charge is -2.47. The Morgan fingerprint density at radius 1 is 1.25 bits per heavy atom. The van der Waals surface area contributed by atoms with E-state index in [0.29, 0.717) is 12.3 Å². The molecule has 0 saturated heterocycles. The first kappa shape index (κ1) is 20.1. The monoisotopic (exact) mass is 377 g/mol. The van der Waals surface area contributed by atoms with Crippen LogP contribution in [0.1, 0.15) is 63.1 Å². The van der Waals surface area contributed by atoms with Gasteiger partial charge in [-0.15, -0.1) is 0 Å². The molecule has 0 unspecified atom stereocenters. The summed E-state index contributed by atoms with van der Waals surface area (Å²) in [5.74, 6) is 0.437. The van der Waals surface area contributed by atoms with Gasteiger partial charge in [0, 0.05) is 24.2 Å². The van der Waals surface area contributed by atoms with Gasteiger partial charge in [-0.05, 0) is 68.4 Å². The molecule has 1 aliphatic heterocycles. The molecule has 2 aromatic rings. The summed E-state index contributed by atoms with van der Waals surface area (Å²) in [6, 6.07) is 16.5. The molecule has 2 aromatic carbocycles. The fourth-order valence-corrected chi connectivity index (χ4v) is 4.32. The highest BCUT2D eigenvalue weighted by atomic mass is 16.2. The number of fused-ring (bicyclic) bond motifs is 1. The standard InChI is InChI=1S/C24H31N3O/c1-5-27-22-13-11-20(15-21(22)18(2)16-24(27,3)4)17-25-26-23(28)14-12-19-9-7-6-8-10-19/h6-11,13,15,17-18H,5,12,14,16H2,1-4H3,(H,26,28)/b25-17+/t18-/m0/s1. The number of anilines is 1. The van der Waals surface area contributed by atoms with Crippen molar-refractivity contribution in [3.8, 4) is 0 Å². The number of nitrogens with one attached hydrogen (secondary N) is 1. The normalized spacial score (nSPS) is 18.1. The molecule has 4 heteroatoms. The van der Waals surface area contributed by atoms with Crippen molar-refractivity contribution in [3.05, 3.63) is 65.2 Å². The maximum atomic E-state index is 12.0. The number of hydrogen-bond acceptors (Lipinski definition) is 3. The number of aryl methyl sites for hydroxylation is 1. The topological polar surface area (TPSA) is 44.7 Å². The number of carbonyl (C=O) groups excluding carboxylic acids is 1. The molecule has 1 aliphatic rings. The van der Waals surface area contributed by atoms with E-state index in [2.05, 4.69) is 61.3 Å². The molecule has 0 radical (unpaired) electrons. The number of hydrazone groups is 1. The minimum absolute atomic E-state index is 0.0645. The van der Waals surface area contributed by atoms with E-state index in [1.165, 1.54) is 11.3 Å². The van der Waals surface area contributed by atoms with Crippen LogP contribution in [0.15, 0.2) is 53.6 Å². The number of amides is 1. The highest BCUT2D eigenvalue weighted by molar-refractivity contribution is 5.84. The third-order valence-corrected chi connectivity index (χ3v) is 5.61. The average molecular weight is 378 g/mol. The first-order valence-electron chi connectivity index (χ1n) is 10.2. The second-order valence-electron chi connectivity index (χ2n) is 8.26. The van der Waals surface area contributed by atoms with Gasteiger partial charge in [0.15, 0.2) is 0 Å². The van der Waals surface area contributed by atoms with Gasteiger partial charge in [-0.1, -0.05) is 43.3 Å². The Balaban J connectivity index is 1.62. The Kier molecular flexibility index (Phi) is 6.18. The zero-order valence-corrected chi connectivity index (χ0v) is 17.4. The van der Waals surface area contributed by atoms with Gasteiger partial charge in [0.1, 0.15) is 0 Å². The predicted octanol–water partition coefficient (Wildman–Crippen LogP) is 4.88. The van der Waals surface area contributed by atoms with Crippen molar-refractivity contribution >= 4 is 17.8 Å². The van der Waals surface area contributed by atoms with E-state index in [0.717, 1.165) is 30.5 Å². The summed E-state index contributed by atoms with van der Waals surface area (Å²) in [7, 11) is 0. The molecule has 1 heterocycles. The van der Waals surface area contributed by atoms with E-state index >= 15 is 0 Å². The number of nitrogens with zero attached hydrogens (tertiary/aromatic N) is 2. The molecule has 3 rings (SSSR count). The fraction of sp³-hybridized carbons (Fsp3) is 0.417. The molecule has 0 saturated carbocycles. The first-order valence-corrected chi connectivity index (χ1v) is 10.2. The molecule has 4 nitrogen and oxygen atoms in total. The van der Waals surface area contributed by atoms with Gasteiger partial charge in [0.2, 0.25) is 5.91 Å². The highest BCUT2D eigenvalue weighted by Crippen LogP contribution is 2.43. The molecule has 0 aromatic heterocycles. The number of benzene rings is 2. The van der Waals surface area contributed by atoms with Crippen molar-refractivity contribution in [2.75, 3.05) is 11.4 Å². The molecule has 1 amide bonds. The Morgan fingerprint density at radius 2 is 2.00 bits per heavy atom. The maximum absolute atomic E-state index is 12.0. The van der Waals surface area contributed by atoms with E-state index in [-0.39, 0.29) is 11.4 Å². The molecule has 0 aliphatic carbocycles. The second-order valence-corrected chi connectivity index (χ2v) is 8.26.